The Bertz CT molecular complexity index is 575. The van der Waals surface area contributed by atoms with Gasteiger partial charge in [-0.3, -0.25) is 9.59 Å². The fourth-order valence-corrected chi connectivity index (χ4v) is 3.43. The predicted molar refractivity (Wildman–Crippen MR) is 80.8 cm³/mol. The van der Waals surface area contributed by atoms with Gasteiger partial charge in [0.25, 0.3) is 0 Å². The Balaban J connectivity index is 1.86. The zero-order valence-corrected chi connectivity index (χ0v) is 12.8. The third-order valence-corrected chi connectivity index (χ3v) is 4.85. The van der Waals surface area contributed by atoms with Crippen LogP contribution in [-0.2, 0) is 16.1 Å². The molecule has 2 heterocycles. The lowest BCUT2D eigenvalue weighted by Crippen LogP contribution is -2.64. The van der Waals surface area contributed by atoms with Gasteiger partial charge in [0, 0.05) is 18.1 Å². The van der Waals surface area contributed by atoms with Crippen LogP contribution < -0.4 is 0 Å². The van der Waals surface area contributed by atoms with E-state index in [1.807, 2.05) is 31.2 Å². The van der Waals surface area contributed by atoms with Gasteiger partial charge in [0.1, 0.15) is 12.1 Å². The molecular formula is C16H19ClN2O2. The number of amides is 2. The van der Waals surface area contributed by atoms with E-state index < -0.39 is 6.04 Å². The first-order valence-electron chi connectivity index (χ1n) is 7.44. The van der Waals surface area contributed by atoms with Crippen molar-refractivity contribution < 1.29 is 9.59 Å². The fraction of sp³-hybridized carbons (Fsp3) is 0.500. The van der Waals surface area contributed by atoms with E-state index in [1.54, 1.807) is 9.80 Å². The SMILES string of the molecule is CC1C(=O)N2CCCCC2C(=O)N1Cc1ccccc1Cl. The molecule has 2 saturated heterocycles. The molecule has 2 atom stereocenters. The standard InChI is InChI=1S/C16H19ClN2O2/c1-11-15(20)18-9-5-4-8-14(18)16(21)19(11)10-12-6-2-3-7-13(12)17/h2-3,6-7,11,14H,4-5,8-10H2,1H3. The molecule has 0 radical (unpaired) electrons. The molecular weight excluding hydrogens is 288 g/mol. The van der Waals surface area contributed by atoms with Crippen LogP contribution in [0.1, 0.15) is 31.7 Å². The Morgan fingerprint density at radius 1 is 1.19 bits per heavy atom. The summed E-state index contributed by atoms with van der Waals surface area (Å²) in [6, 6.07) is 6.79. The minimum absolute atomic E-state index is 0.0571. The number of nitrogens with zero attached hydrogens (tertiary/aromatic N) is 2. The largest absolute Gasteiger partial charge is 0.329 e. The number of fused-ring (bicyclic) bond motifs is 1. The normalized spacial score (nSPS) is 26.0. The van der Waals surface area contributed by atoms with Gasteiger partial charge in [-0.05, 0) is 37.8 Å². The van der Waals surface area contributed by atoms with E-state index in [0.717, 1.165) is 24.8 Å². The number of piperidine rings is 1. The topological polar surface area (TPSA) is 40.6 Å². The third kappa shape index (κ3) is 2.53. The molecule has 2 aliphatic rings. The number of hydrogen-bond acceptors (Lipinski definition) is 2. The summed E-state index contributed by atoms with van der Waals surface area (Å²) >= 11 is 6.18. The number of piperazine rings is 1. The molecule has 2 fully saturated rings. The first-order chi connectivity index (χ1) is 10.1. The molecule has 21 heavy (non-hydrogen) atoms. The smallest absolute Gasteiger partial charge is 0.246 e. The van der Waals surface area contributed by atoms with E-state index >= 15 is 0 Å². The minimum Gasteiger partial charge on any atom is -0.329 e. The van der Waals surface area contributed by atoms with Gasteiger partial charge < -0.3 is 9.80 Å². The van der Waals surface area contributed by atoms with Crippen molar-refractivity contribution in [3.8, 4) is 0 Å². The van der Waals surface area contributed by atoms with Crippen molar-refractivity contribution in [1.29, 1.82) is 0 Å². The van der Waals surface area contributed by atoms with Crippen LogP contribution in [0.25, 0.3) is 0 Å². The van der Waals surface area contributed by atoms with E-state index in [9.17, 15) is 9.59 Å². The summed E-state index contributed by atoms with van der Waals surface area (Å²) in [5.74, 6) is 0.119. The molecule has 5 heteroatoms. The quantitative estimate of drug-likeness (QED) is 0.842. The van der Waals surface area contributed by atoms with Crippen LogP contribution in [0.2, 0.25) is 5.02 Å². The second kappa shape index (κ2) is 5.68. The van der Waals surface area contributed by atoms with Crippen LogP contribution in [0.5, 0.6) is 0 Å². The molecule has 0 aromatic heterocycles. The maximum absolute atomic E-state index is 12.7. The van der Waals surface area contributed by atoms with Crippen molar-refractivity contribution in [2.24, 2.45) is 0 Å². The summed E-state index contributed by atoms with van der Waals surface area (Å²) in [5.41, 5.74) is 0.886. The van der Waals surface area contributed by atoms with Crippen molar-refractivity contribution in [1.82, 2.24) is 9.80 Å². The average Bonchev–Trinajstić information content (AvgIpc) is 2.51. The number of halogens is 1. The molecule has 2 unspecified atom stereocenters. The summed E-state index contributed by atoms with van der Waals surface area (Å²) in [5, 5.41) is 0.635. The van der Waals surface area contributed by atoms with Gasteiger partial charge in [-0.15, -0.1) is 0 Å². The van der Waals surface area contributed by atoms with E-state index in [4.69, 9.17) is 11.6 Å². The van der Waals surface area contributed by atoms with E-state index in [2.05, 4.69) is 0 Å². The molecule has 0 bridgehead atoms. The molecule has 112 valence electrons. The van der Waals surface area contributed by atoms with Crippen molar-refractivity contribution in [3.63, 3.8) is 0 Å². The van der Waals surface area contributed by atoms with Crippen molar-refractivity contribution >= 4 is 23.4 Å². The predicted octanol–water partition coefficient (Wildman–Crippen LogP) is 2.45. The molecule has 0 N–H and O–H groups in total. The summed E-state index contributed by atoms with van der Waals surface area (Å²) in [4.78, 5) is 28.7. The summed E-state index contributed by atoms with van der Waals surface area (Å²) in [7, 11) is 0. The Hall–Kier alpha value is -1.55. The average molecular weight is 307 g/mol. The van der Waals surface area contributed by atoms with Gasteiger partial charge in [0.15, 0.2) is 0 Å². The minimum atomic E-state index is -0.414. The van der Waals surface area contributed by atoms with Gasteiger partial charge in [0.2, 0.25) is 11.8 Å². The maximum atomic E-state index is 12.7. The number of carbonyl (C=O) groups excluding carboxylic acids is 2. The zero-order chi connectivity index (χ0) is 15.0. The molecule has 0 spiro atoms. The highest BCUT2D eigenvalue weighted by Crippen LogP contribution is 2.28. The third-order valence-electron chi connectivity index (χ3n) is 4.48. The summed E-state index contributed by atoms with van der Waals surface area (Å²) in [6.07, 6.45) is 2.78. The lowest BCUT2D eigenvalue weighted by molar-refractivity contribution is -0.163. The molecule has 0 saturated carbocycles. The monoisotopic (exact) mass is 306 g/mol. The zero-order valence-electron chi connectivity index (χ0n) is 12.1. The van der Waals surface area contributed by atoms with Crippen LogP contribution in [0, 0.1) is 0 Å². The Morgan fingerprint density at radius 3 is 2.71 bits per heavy atom. The van der Waals surface area contributed by atoms with Gasteiger partial charge in [-0.2, -0.15) is 0 Å². The molecule has 1 aromatic rings. The van der Waals surface area contributed by atoms with Crippen molar-refractivity contribution in [2.45, 2.75) is 44.8 Å². The first-order valence-corrected chi connectivity index (χ1v) is 7.82. The van der Waals surface area contributed by atoms with E-state index in [1.165, 1.54) is 0 Å². The second-order valence-electron chi connectivity index (χ2n) is 5.78. The molecule has 2 aliphatic heterocycles. The summed E-state index contributed by atoms with van der Waals surface area (Å²) in [6.45, 7) is 2.91. The lowest BCUT2D eigenvalue weighted by Gasteiger charge is -2.46. The first kappa shape index (κ1) is 14.4. The van der Waals surface area contributed by atoms with Crippen LogP contribution in [0.3, 0.4) is 0 Å². The molecule has 2 amide bonds. The number of hydrogen-bond donors (Lipinski definition) is 0. The molecule has 1 aromatic carbocycles. The second-order valence-corrected chi connectivity index (χ2v) is 6.18. The van der Waals surface area contributed by atoms with E-state index in [0.29, 0.717) is 18.1 Å². The van der Waals surface area contributed by atoms with Crippen molar-refractivity contribution in [3.05, 3.63) is 34.9 Å². The molecule has 0 aliphatic carbocycles. The summed E-state index contributed by atoms with van der Waals surface area (Å²) < 4.78 is 0. The Kier molecular flexibility index (Phi) is 3.89. The van der Waals surface area contributed by atoms with Crippen LogP contribution in [-0.4, -0.2) is 40.2 Å². The molecule has 4 nitrogen and oxygen atoms in total. The van der Waals surface area contributed by atoms with Gasteiger partial charge in [0.05, 0.1) is 0 Å². The fourth-order valence-electron chi connectivity index (χ4n) is 3.23. The highest BCUT2D eigenvalue weighted by molar-refractivity contribution is 6.31. The maximum Gasteiger partial charge on any atom is 0.246 e. The number of carbonyl (C=O) groups is 2. The van der Waals surface area contributed by atoms with Crippen molar-refractivity contribution in [2.75, 3.05) is 6.54 Å². The highest BCUT2D eigenvalue weighted by Gasteiger charge is 2.44. The number of benzene rings is 1. The highest BCUT2D eigenvalue weighted by atomic mass is 35.5. The van der Waals surface area contributed by atoms with Crippen LogP contribution in [0.4, 0.5) is 0 Å². The van der Waals surface area contributed by atoms with Crippen LogP contribution >= 0.6 is 11.6 Å². The Morgan fingerprint density at radius 2 is 1.95 bits per heavy atom. The van der Waals surface area contributed by atoms with Gasteiger partial charge >= 0.3 is 0 Å². The molecule has 3 rings (SSSR count). The lowest BCUT2D eigenvalue weighted by atomic mass is 9.95. The Labute approximate surface area is 129 Å². The van der Waals surface area contributed by atoms with E-state index in [-0.39, 0.29) is 17.9 Å². The van der Waals surface area contributed by atoms with Gasteiger partial charge in [-0.1, -0.05) is 29.8 Å². The van der Waals surface area contributed by atoms with Crippen LogP contribution in [0.15, 0.2) is 24.3 Å². The number of rotatable bonds is 2. The van der Waals surface area contributed by atoms with Gasteiger partial charge in [-0.25, -0.2) is 0 Å².